The Hall–Kier alpha value is -4.01. The van der Waals surface area contributed by atoms with Crippen LogP contribution in [0.5, 0.6) is 17.5 Å². The topological polar surface area (TPSA) is 80.3 Å². The fourth-order valence-corrected chi connectivity index (χ4v) is 4.25. The zero-order valence-electron chi connectivity index (χ0n) is 20.0. The van der Waals surface area contributed by atoms with E-state index in [1.807, 2.05) is 30.3 Å². The van der Waals surface area contributed by atoms with Crippen molar-refractivity contribution in [3.05, 3.63) is 115 Å². The van der Waals surface area contributed by atoms with Gasteiger partial charge in [0.15, 0.2) is 11.2 Å². The average Bonchev–Trinajstić information content (AvgIpc) is 3.23. The molecule has 5 aromatic rings. The van der Waals surface area contributed by atoms with Crippen molar-refractivity contribution < 1.29 is 9.47 Å². The lowest BCUT2D eigenvalue weighted by atomic mass is 10.2. The number of nitrogens with zero attached hydrogens (tertiary/aromatic N) is 4. The first-order valence-electron chi connectivity index (χ1n) is 11.4. The van der Waals surface area contributed by atoms with Gasteiger partial charge in [-0.2, -0.15) is 4.98 Å². The highest BCUT2D eigenvalue weighted by Gasteiger charge is 2.20. The molecule has 0 aliphatic heterocycles. The molecule has 0 radical (unpaired) electrons. The maximum absolute atomic E-state index is 13.3. The molecular formula is C27H22Cl2N4O4. The minimum Gasteiger partial charge on any atom is -0.489 e. The Labute approximate surface area is 221 Å². The second-order valence-electron chi connectivity index (χ2n) is 8.45. The van der Waals surface area contributed by atoms with Gasteiger partial charge in [-0.15, -0.1) is 0 Å². The van der Waals surface area contributed by atoms with E-state index in [9.17, 15) is 9.59 Å². The third-order valence-corrected chi connectivity index (χ3v) is 6.66. The van der Waals surface area contributed by atoms with E-state index in [1.165, 1.54) is 9.13 Å². The van der Waals surface area contributed by atoms with Crippen LogP contribution in [0.25, 0.3) is 11.2 Å². The first-order valence-corrected chi connectivity index (χ1v) is 12.1. The second kappa shape index (κ2) is 10.2. The summed E-state index contributed by atoms with van der Waals surface area (Å²) in [5.41, 5.74) is 1.20. The lowest BCUT2D eigenvalue weighted by Crippen LogP contribution is -2.39. The Kier molecular flexibility index (Phi) is 6.78. The van der Waals surface area contributed by atoms with Crippen molar-refractivity contribution in [3.8, 4) is 17.5 Å². The van der Waals surface area contributed by atoms with E-state index in [1.54, 1.807) is 56.6 Å². The molecule has 0 aliphatic rings. The Balaban J connectivity index is 1.41. The summed E-state index contributed by atoms with van der Waals surface area (Å²) in [5.74, 6) is 1.19. The maximum Gasteiger partial charge on any atom is 0.332 e. The van der Waals surface area contributed by atoms with Crippen molar-refractivity contribution in [2.75, 3.05) is 0 Å². The SMILES string of the molecule is Cn1c(Oc2ccc(OCc3ccccc3)cc2)nc2c1c(=O)n(Cc1ccc(Cl)c(Cl)c1)c(=O)n2C. The van der Waals surface area contributed by atoms with Gasteiger partial charge in [0, 0.05) is 14.1 Å². The number of benzene rings is 3. The number of ether oxygens (including phenoxy) is 2. The zero-order chi connectivity index (χ0) is 26.1. The third kappa shape index (κ3) is 4.98. The predicted molar refractivity (Wildman–Crippen MR) is 143 cm³/mol. The number of halogens is 2. The molecule has 0 unspecified atom stereocenters. The highest BCUT2D eigenvalue weighted by atomic mass is 35.5. The molecule has 0 saturated carbocycles. The van der Waals surface area contributed by atoms with Crippen LogP contribution in [-0.4, -0.2) is 18.7 Å². The minimum atomic E-state index is -0.506. The van der Waals surface area contributed by atoms with Crippen molar-refractivity contribution in [1.82, 2.24) is 18.7 Å². The number of fused-ring (bicyclic) bond motifs is 1. The van der Waals surface area contributed by atoms with Gasteiger partial charge in [0.2, 0.25) is 0 Å². The van der Waals surface area contributed by atoms with Crippen LogP contribution in [0.4, 0.5) is 0 Å². The largest absolute Gasteiger partial charge is 0.489 e. The van der Waals surface area contributed by atoms with Crippen molar-refractivity contribution in [2.24, 2.45) is 14.1 Å². The summed E-state index contributed by atoms with van der Waals surface area (Å²) in [5, 5.41) is 0.739. The lowest BCUT2D eigenvalue weighted by molar-refractivity contribution is 0.305. The van der Waals surface area contributed by atoms with Crippen molar-refractivity contribution >= 4 is 34.4 Å². The van der Waals surface area contributed by atoms with Gasteiger partial charge in [-0.05, 0) is 47.5 Å². The first kappa shape index (κ1) is 24.7. The van der Waals surface area contributed by atoms with Gasteiger partial charge in [-0.1, -0.05) is 59.6 Å². The molecule has 8 nitrogen and oxygen atoms in total. The summed E-state index contributed by atoms with van der Waals surface area (Å²) < 4.78 is 15.7. The van der Waals surface area contributed by atoms with Gasteiger partial charge in [0.25, 0.3) is 5.56 Å². The van der Waals surface area contributed by atoms with E-state index in [0.717, 1.165) is 10.1 Å². The van der Waals surface area contributed by atoms with Crippen molar-refractivity contribution in [3.63, 3.8) is 0 Å². The number of aromatic nitrogens is 4. The quantitative estimate of drug-likeness (QED) is 0.287. The molecule has 0 N–H and O–H groups in total. The van der Waals surface area contributed by atoms with E-state index < -0.39 is 11.2 Å². The molecule has 2 aromatic heterocycles. The van der Waals surface area contributed by atoms with Gasteiger partial charge in [-0.3, -0.25) is 18.5 Å². The van der Waals surface area contributed by atoms with Gasteiger partial charge >= 0.3 is 11.7 Å². The standard InChI is InChI=1S/C27H22Cl2N4O4/c1-31-23-24(32(2)27(35)33(25(23)34)15-18-8-13-21(28)22(29)14-18)30-26(31)37-20-11-9-19(10-12-20)36-16-17-6-4-3-5-7-17/h3-14H,15-16H2,1-2H3. The monoisotopic (exact) mass is 536 g/mol. The third-order valence-electron chi connectivity index (χ3n) is 5.92. The van der Waals surface area contributed by atoms with Gasteiger partial charge in [0.1, 0.15) is 18.1 Å². The Morgan fingerprint density at radius 1 is 0.811 bits per heavy atom. The molecular weight excluding hydrogens is 515 g/mol. The minimum absolute atomic E-state index is 0.0319. The molecule has 0 fully saturated rings. The van der Waals surface area contributed by atoms with Crippen LogP contribution in [0.1, 0.15) is 11.1 Å². The smallest absolute Gasteiger partial charge is 0.332 e. The van der Waals surface area contributed by atoms with Gasteiger partial charge in [0.05, 0.1) is 16.6 Å². The Morgan fingerprint density at radius 2 is 1.51 bits per heavy atom. The molecule has 3 aromatic carbocycles. The normalized spacial score (nSPS) is 11.1. The number of imidazole rings is 1. The summed E-state index contributed by atoms with van der Waals surface area (Å²) in [7, 11) is 3.22. The summed E-state index contributed by atoms with van der Waals surface area (Å²) >= 11 is 12.1. The lowest BCUT2D eigenvalue weighted by Gasteiger charge is -2.09. The number of hydrogen-bond acceptors (Lipinski definition) is 5. The molecule has 0 saturated heterocycles. The van der Waals surface area contributed by atoms with Crippen LogP contribution in [0, 0.1) is 0 Å². The molecule has 188 valence electrons. The van der Waals surface area contributed by atoms with Crippen LogP contribution in [0.15, 0.2) is 82.4 Å². The molecule has 2 heterocycles. The Morgan fingerprint density at radius 3 is 2.22 bits per heavy atom. The average molecular weight is 537 g/mol. The molecule has 0 spiro atoms. The molecule has 0 amide bonds. The number of aryl methyl sites for hydroxylation is 2. The van der Waals surface area contributed by atoms with E-state index in [2.05, 4.69) is 4.98 Å². The predicted octanol–water partition coefficient (Wildman–Crippen LogP) is 5.16. The van der Waals surface area contributed by atoms with Crippen LogP contribution >= 0.6 is 23.2 Å². The second-order valence-corrected chi connectivity index (χ2v) is 9.27. The number of hydrogen-bond donors (Lipinski definition) is 0. The van der Waals surface area contributed by atoms with Crippen LogP contribution in [-0.2, 0) is 27.2 Å². The van der Waals surface area contributed by atoms with E-state index in [4.69, 9.17) is 32.7 Å². The summed E-state index contributed by atoms with van der Waals surface area (Å²) in [6.45, 7) is 0.485. The highest BCUT2D eigenvalue weighted by Crippen LogP contribution is 2.26. The van der Waals surface area contributed by atoms with E-state index >= 15 is 0 Å². The molecule has 10 heteroatoms. The zero-order valence-corrected chi connectivity index (χ0v) is 21.5. The molecule has 0 atom stereocenters. The van der Waals surface area contributed by atoms with Crippen LogP contribution < -0.4 is 20.7 Å². The number of rotatable bonds is 7. The van der Waals surface area contributed by atoms with Crippen molar-refractivity contribution in [2.45, 2.75) is 13.2 Å². The summed E-state index contributed by atoms with van der Waals surface area (Å²) in [6, 6.07) is 22.1. The fourth-order valence-electron chi connectivity index (χ4n) is 3.93. The van der Waals surface area contributed by atoms with Crippen LogP contribution in [0.3, 0.4) is 0 Å². The molecule has 0 bridgehead atoms. The van der Waals surface area contributed by atoms with Gasteiger partial charge in [-0.25, -0.2) is 4.79 Å². The van der Waals surface area contributed by atoms with E-state index in [-0.39, 0.29) is 23.7 Å². The summed E-state index contributed by atoms with van der Waals surface area (Å²) in [6.07, 6.45) is 0. The summed E-state index contributed by atoms with van der Waals surface area (Å²) in [4.78, 5) is 30.8. The van der Waals surface area contributed by atoms with Crippen LogP contribution in [0.2, 0.25) is 10.0 Å². The van der Waals surface area contributed by atoms with Crippen molar-refractivity contribution in [1.29, 1.82) is 0 Å². The molecule has 0 aliphatic carbocycles. The highest BCUT2D eigenvalue weighted by molar-refractivity contribution is 6.42. The Bertz CT molecular complexity index is 1710. The van der Waals surface area contributed by atoms with Gasteiger partial charge < -0.3 is 9.47 Å². The molecule has 5 rings (SSSR count). The fraction of sp³-hybridized carbons (Fsp3) is 0.148. The van der Waals surface area contributed by atoms with E-state index in [0.29, 0.717) is 33.7 Å². The molecule has 37 heavy (non-hydrogen) atoms. The maximum atomic E-state index is 13.3. The first-order chi connectivity index (χ1) is 17.8.